The molecule has 114 valence electrons. The molecule has 6 nitrogen and oxygen atoms in total. The zero-order valence-electron chi connectivity index (χ0n) is 12.6. The van der Waals surface area contributed by atoms with Gasteiger partial charge in [-0.05, 0) is 13.3 Å². The summed E-state index contributed by atoms with van der Waals surface area (Å²) in [5.41, 5.74) is 0. The maximum Gasteiger partial charge on any atom is 0.218 e. The van der Waals surface area contributed by atoms with Crippen LogP contribution in [0.5, 0.6) is 5.88 Å². The Balaban J connectivity index is 2.46. The van der Waals surface area contributed by atoms with Crippen LogP contribution in [-0.2, 0) is 15.9 Å². The Labute approximate surface area is 120 Å². The number of rotatable bonds is 11. The number of nitrogens with one attached hydrogen (secondary N) is 1. The van der Waals surface area contributed by atoms with Gasteiger partial charge in [0.2, 0.25) is 5.88 Å². The second kappa shape index (κ2) is 10.4. The minimum absolute atomic E-state index is 0.470. The van der Waals surface area contributed by atoms with Gasteiger partial charge in [0, 0.05) is 26.1 Å². The van der Waals surface area contributed by atoms with Crippen LogP contribution in [0.2, 0.25) is 0 Å². The van der Waals surface area contributed by atoms with Crippen LogP contribution in [0.1, 0.15) is 26.1 Å². The minimum Gasteiger partial charge on any atom is -0.475 e. The lowest BCUT2D eigenvalue weighted by molar-refractivity contribution is 0.0536. The molecule has 1 aromatic heterocycles. The van der Waals surface area contributed by atoms with Crippen molar-refractivity contribution in [2.24, 2.45) is 0 Å². The Hall–Kier alpha value is -1.40. The van der Waals surface area contributed by atoms with Crippen LogP contribution in [0.3, 0.4) is 0 Å². The third kappa shape index (κ3) is 6.68. The molecule has 0 aliphatic heterocycles. The molecule has 20 heavy (non-hydrogen) atoms. The standard InChI is InChI=1S/C14H25N3O3/c1-4-6-12-16-13(15-5-2)11-14(17-12)20-10-9-19-8-7-18-3/h11H,4-10H2,1-3H3,(H,15,16,17). The van der Waals surface area contributed by atoms with E-state index in [0.717, 1.165) is 31.0 Å². The molecule has 0 saturated heterocycles. The van der Waals surface area contributed by atoms with Gasteiger partial charge in [0.25, 0.3) is 0 Å². The number of hydrogen-bond acceptors (Lipinski definition) is 6. The summed E-state index contributed by atoms with van der Waals surface area (Å²) in [5, 5.41) is 3.19. The zero-order valence-corrected chi connectivity index (χ0v) is 12.6. The van der Waals surface area contributed by atoms with Crippen molar-refractivity contribution in [3.05, 3.63) is 11.9 Å². The molecule has 0 aliphatic carbocycles. The SMILES string of the molecule is CCCc1nc(NCC)cc(OCCOCCOC)n1. The van der Waals surface area contributed by atoms with Crippen molar-refractivity contribution >= 4 is 5.82 Å². The van der Waals surface area contributed by atoms with Crippen molar-refractivity contribution in [3.8, 4) is 5.88 Å². The van der Waals surface area contributed by atoms with E-state index in [9.17, 15) is 0 Å². The molecule has 0 bridgehead atoms. The third-order valence-corrected chi connectivity index (χ3v) is 2.49. The lowest BCUT2D eigenvalue weighted by atomic mass is 10.3. The fourth-order valence-electron chi connectivity index (χ4n) is 1.60. The quantitative estimate of drug-likeness (QED) is 0.626. The van der Waals surface area contributed by atoms with Gasteiger partial charge in [0.15, 0.2) is 0 Å². The molecule has 0 fully saturated rings. The second-order valence-electron chi connectivity index (χ2n) is 4.24. The monoisotopic (exact) mass is 283 g/mol. The van der Waals surface area contributed by atoms with E-state index in [-0.39, 0.29) is 0 Å². The van der Waals surface area contributed by atoms with Gasteiger partial charge in [-0.3, -0.25) is 0 Å². The Bertz CT molecular complexity index is 350. The molecule has 0 aromatic carbocycles. The van der Waals surface area contributed by atoms with E-state index in [2.05, 4.69) is 22.2 Å². The predicted molar refractivity (Wildman–Crippen MR) is 78.4 cm³/mol. The molecule has 0 aliphatic rings. The Morgan fingerprint density at radius 2 is 1.90 bits per heavy atom. The first kappa shape index (κ1) is 16.7. The van der Waals surface area contributed by atoms with Crippen molar-refractivity contribution in [2.45, 2.75) is 26.7 Å². The summed E-state index contributed by atoms with van der Waals surface area (Å²) in [6.07, 6.45) is 1.86. The van der Waals surface area contributed by atoms with Crippen molar-refractivity contribution in [1.82, 2.24) is 9.97 Å². The number of methoxy groups -OCH3 is 1. The molecule has 6 heteroatoms. The average Bonchev–Trinajstić information content (AvgIpc) is 2.43. The predicted octanol–water partition coefficient (Wildman–Crippen LogP) is 1.90. The highest BCUT2D eigenvalue weighted by molar-refractivity contribution is 5.38. The maximum atomic E-state index is 5.60. The summed E-state index contributed by atoms with van der Waals surface area (Å²) in [7, 11) is 1.65. The van der Waals surface area contributed by atoms with E-state index < -0.39 is 0 Å². The number of nitrogens with zero attached hydrogens (tertiary/aromatic N) is 2. The van der Waals surface area contributed by atoms with E-state index in [1.165, 1.54) is 0 Å². The molecule has 0 radical (unpaired) electrons. The summed E-state index contributed by atoms with van der Waals surface area (Å²) >= 11 is 0. The smallest absolute Gasteiger partial charge is 0.218 e. The average molecular weight is 283 g/mol. The number of aryl methyl sites for hydroxylation is 1. The van der Waals surface area contributed by atoms with Crippen LogP contribution in [-0.4, -0.2) is 50.1 Å². The largest absolute Gasteiger partial charge is 0.475 e. The first-order chi connectivity index (χ1) is 9.80. The first-order valence-electron chi connectivity index (χ1n) is 7.11. The van der Waals surface area contributed by atoms with Crippen LogP contribution in [0.15, 0.2) is 6.07 Å². The summed E-state index contributed by atoms with van der Waals surface area (Å²) in [6, 6.07) is 1.82. The number of hydrogen-bond donors (Lipinski definition) is 1. The molecule has 1 aromatic rings. The fourth-order valence-corrected chi connectivity index (χ4v) is 1.60. The maximum absolute atomic E-state index is 5.60. The Morgan fingerprint density at radius 1 is 1.10 bits per heavy atom. The summed E-state index contributed by atoms with van der Waals surface area (Å²) in [6.45, 7) is 7.12. The van der Waals surface area contributed by atoms with E-state index in [4.69, 9.17) is 14.2 Å². The molecule has 1 N–H and O–H groups in total. The van der Waals surface area contributed by atoms with Crippen LogP contribution >= 0.6 is 0 Å². The van der Waals surface area contributed by atoms with Crippen molar-refractivity contribution in [3.63, 3.8) is 0 Å². The lowest BCUT2D eigenvalue weighted by Gasteiger charge is -2.10. The molecular weight excluding hydrogens is 258 g/mol. The van der Waals surface area contributed by atoms with Gasteiger partial charge in [-0.15, -0.1) is 0 Å². The van der Waals surface area contributed by atoms with Crippen molar-refractivity contribution in [1.29, 1.82) is 0 Å². The molecule has 0 unspecified atom stereocenters. The third-order valence-electron chi connectivity index (χ3n) is 2.49. The minimum atomic E-state index is 0.470. The van der Waals surface area contributed by atoms with E-state index in [1.54, 1.807) is 7.11 Å². The molecule has 1 heterocycles. The number of aromatic nitrogens is 2. The summed E-state index contributed by atoms with van der Waals surface area (Å²) in [5.74, 6) is 2.21. The zero-order chi connectivity index (χ0) is 14.6. The summed E-state index contributed by atoms with van der Waals surface area (Å²) < 4.78 is 15.8. The molecule has 0 atom stereocenters. The fraction of sp³-hybridized carbons (Fsp3) is 0.714. The normalized spacial score (nSPS) is 10.6. The Morgan fingerprint density at radius 3 is 2.60 bits per heavy atom. The molecule has 0 spiro atoms. The van der Waals surface area contributed by atoms with Crippen LogP contribution in [0.25, 0.3) is 0 Å². The first-order valence-corrected chi connectivity index (χ1v) is 7.11. The topological polar surface area (TPSA) is 65.5 Å². The highest BCUT2D eigenvalue weighted by Crippen LogP contribution is 2.14. The van der Waals surface area contributed by atoms with Crippen molar-refractivity contribution < 1.29 is 14.2 Å². The molecule has 1 rings (SSSR count). The van der Waals surface area contributed by atoms with Gasteiger partial charge in [-0.2, -0.15) is 4.98 Å². The highest BCUT2D eigenvalue weighted by Gasteiger charge is 2.04. The second-order valence-corrected chi connectivity index (χ2v) is 4.24. The van der Waals surface area contributed by atoms with Crippen LogP contribution < -0.4 is 10.1 Å². The number of anilines is 1. The highest BCUT2D eigenvalue weighted by atomic mass is 16.5. The van der Waals surface area contributed by atoms with Gasteiger partial charge in [0.05, 0.1) is 19.8 Å². The van der Waals surface area contributed by atoms with Crippen LogP contribution in [0, 0.1) is 0 Å². The van der Waals surface area contributed by atoms with Crippen LogP contribution in [0.4, 0.5) is 5.82 Å². The summed E-state index contributed by atoms with van der Waals surface area (Å²) in [4.78, 5) is 8.82. The molecule has 0 saturated carbocycles. The van der Waals surface area contributed by atoms with Gasteiger partial charge in [-0.1, -0.05) is 6.92 Å². The van der Waals surface area contributed by atoms with Crippen molar-refractivity contribution in [2.75, 3.05) is 45.4 Å². The van der Waals surface area contributed by atoms with E-state index in [0.29, 0.717) is 32.3 Å². The van der Waals surface area contributed by atoms with E-state index >= 15 is 0 Å². The van der Waals surface area contributed by atoms with Gasteiger partial charge >= 0.3 is 0 Å². The lowest BCUT2D eigenvalue weighted by Crippen LogP contribution is -2.12. The Kier molecular flexibility index (Phi) is 8.66. The van der Waals surface area contributed by atoms with Gasteiger partial charge < -0.3 is 19.5 Å². The van der Waals surface area contributed by atoms with Gasteiger partial charge in [0.1, 0.15) is 18.2 Å². The van der Waals surface area contributed by atoms with E-state index in [1.807, 2.05) is 13.0 Å². The molecular formula is C14H25N3O3. The van der Waals surface area contributed by atoms with Gasteiger partial charge in [-0.25, -0.2) is 4.98 Å². The molecule has 0 amide bonds. The number of ether oxygens (including phenoxy) is 3.